The third kappa shape index (κ3) is 2.98. The number of nitrogens with zero attached hydrogens (tertiary/aromatic N) is 2. The number of aromatic nitrogens is 2. The maximum absolute atomic E-state index is 6.02. The van der Waals surface area contributed by atoms with Gasteiger partial charge in [-0.1, -0.05) is 31.4 Å². The van der Waals surface area contributed by atoms with E-state index in [-0.39, 0.29) is 0 Å². The van der Waals surface area contributed by atoms with E-state index < -0.39 is 0 Å². The van der Waals surface area contributed by atoms with Gasteiger partial charge in [0.25, 0.3) is 0 Å². The predicted octanol–water partition coefficient (Wildman–Crippen LogP) is 2.26. The molecule has 1 aromatic heterocycles. The highest BCUT2D eigenvalue weighted by molar-refractivity contribution is 6.32. The molecule has 0 aromatic carbocycles. The minimum atomic E-state index is 0.372. The Labute approximate surface area is 106 Å². The molecule has 94 valence electrons. The van der Waals surface area contributed by atoms with Gasteiger partial charge in [0.1, 0.15) is 5.02 Å². The number of rotatable bonds is 4. The van der Waals surface area contributed by atoms with E-state index in [2.05, 4.69) is 27.6 Å². The summed E-state index contributed by atoms with van der Waals surface area (Å²) in [6, 6.07) is 0. The molecule has 6 heteroatoms. The average molecular weight is 256 g/mol. The van der Waals surface area contributed by atoms with Gasteiger partial charge in [-0.25, -0.2) is 10.8 Å². The second-order valence-corrected chi connectivity index (χ2v) is 4.99. The van der Waals surface area contributed by atoms with Crippen LogP contribution in [0.25, 0.3) is 0 Å². The van der Waals surface area contributed by atoms with E-state index in [1.165, 1.54) is 19.3 Å². The lowest BCUT2D eigenvalue weighted by atomic mass is 9.98. The number of nitrogens with one attached hydrogen (secondary N) is 2. The summed E-state index contributed by atoms with van der Waals surface area (Å²) in [5, 5.41) is 3.80. The average Bonchev–Trinajstić information content (AvgIpc) is 2.74. The molecule has 5 nitrogen and oxygen atoms in total. The Bertz CT molecular complexity index is 384. The SMILES string of the molecule is CC1CCCC1CNc1nc(NN)ncc1Cl. The molecule has 1 aromatic rings. The molecule has 0 radical (unpaired) electrons. The Morgan fingerprint density at radius 1 is 1.53 bits per heavy atom. The van der Waals surface area contributed by atoms with Gasteiger partial charge in [-0.3, -0.25) is 5.43 Å². The first kappa shape index (κ1) is 12.4. The van der Waals surface area contributed by atoms with Crippen LogP contribution in [-0.4, -0.2) is 16.5 Å². The first-order chi connectivity index (χ1) is 8.20. The van der Waals surface area contributed by atoms with Gasteiger partial charge in [0.15, 0.2) is 5.82 Å². The molecule has 2 rings (SSSR count). The molecule has 1 aliphatic rings. The van der Waals surface area contributed by atoms with Crippen LogP contribution in [0, 0.1) is 11.8 Å². The number of halogens is 1. The number of nitrogen functional groups attached to an aromatic ring is 1. The first-order valence-electron chi connectivity index (χ1n) is 5.93. The van der Waals surface area contributed by atoms with E-state index in [4.69, 9.17) is 17.4 Å². The lowest BCUT2D eigenvalue weighted by Crippen LogP contribution is -2.18. The molecule has 17 heavy (non-hydrogen) atoms. The van der Waals surface area contributed by atoms with Crippen molar-refractivity contribution >= 4 is 23.4 Å². The highest BCUT2D eigenvalue weighted by Crippen LogP contribution is 2.31. The molecule has 1 heterocycles. The summed E-state index contributed by atoms with van der Waals surface area (Å²) in [7, 11) is 0. The van der Waals surface area contributed by atoms with Gasteiger partial charge in [0, 0.05) is 6.54 Å². The molecule has 2 atom stereocenters. The van der Waals surface area contributed by atoms with E-state index >= 15 is 0 Å². The van der Waals surface area contributed by atoms with Crippen molar-refractivity contribution in [3.8, 4) is 0 Å². The zero-order valence-electron chi connectivity index (χ0n) is 9.91. The third-order valence-corrected chi connectivity index (χ3v) is 3.72. The fraction of sp³-hybridized carbons (Fsp3) is 0.636. The molecule has 1 fully saturated rings. The Morgan fingerprint density at radius 2 is 2.35 bits per heavy atom. The maximum atomic E-state index is 6.02. The molecule has 4 N–H and O–H groups in total. The number of nitrogens with two attached hydrogens (primary N) is 1. The van der Waals surface area contributed by atoms with Crippen molar-refractivity contribution < 1.29 is 0 Å². The fourth-order valence-electron chi connectivity index (χ4n) is 2.31. The molecule has 0 saturated heterocycles. The lowest BCUT2D eigenvalue weighted by molar-refractivity contribution is 0.439. The van der Waals surface area contributed by atoms with E-state index in [1.54, 1.807) is 6.20 Å². The number of anilines is 2. The Hall–Kier alpha value is -1.07. The van der Waals surface area contributed by atoms with Crippen LogP contribution in [0.3, 0.4) is 0 Å². The molecule has 0 spiro atoms. The Morgan fingerprint density at radius 3 is 3.00 bits per heavy atom. The first-order valence-corrected chi connectivity index (χ1v) is 6.31. The van der Waals surface area contributed by atoms with Crippen molar-refractivity contribution in [3.05, 3.63) is 11.2 Å². The minimum absolute atomic E-state index is 0.372. The number of hydrogen-bond donors (Lipinski definition) is 3. The molecule has 1 saturated carbocycles. The van der Waals surface area contributed by atoms with E-state index in [0.717, 1.165) is 12.5 Å². The van der Waals surface area contributed by atoms with Crippen LogP contribution in [0.5, 0.6) is 0 Å². The van der Waals surface area contributed by atoms with Crippen LogP contribution in [0.15, 0.2) is 6.20 Å². The molecular weight excluding hydrogens is 238 g/mol. The van der Waals surface area contributed by atoms with Crippen LogP contribution >= 0.6 is 11.6 Å². The van der Waals surface area contributed by atoms with Crippen LogP contribution in [0.2, 0.25) is 5.02 Å². The van der Waals surface area contributed by atoms with Gasteiger partial charge < -0.3 is 5.32 Å². The van der Waals surface area contributed by atoms with Crippen molar-refractivity contribution in [1.82, 2.24) is 9.97 Å². The van der Waals surface area contributed by atoms with Gasteiger partial charge in [-0.05, 0) is 18.3 Å². The summed E-state index contributed by atoms with van der Waals surface area (Å²) >= 11 is 6.02. The van der Waals surface area contributed by atoms with Crippen molar-refractivity contribution in [2.24, 2.45) is 17.7 Å². The van der Waals surface area contributed by atoms with Crippen LogP contribution in [-0.2, 0) is 0 Å². The van der Waals surface area contributed by atoms with E-state index in [1.807, 2.05) is 0 Å². The lowest BCUT2D eigenvalue weighted by Gasteiger charge is -2.16. The molecule has 2 unspecified atom stereocenters. The van der Waals surface area contributed by atoms with Crippen LogP contribution in [0.4, 0.5) is 11.8 Å². The second-order valence-electron chi connectivity index (χ2n) is 4.58. The standard InChI is InChI=1S/C11H18ClN5/c1-7-3-2-4-8(7)5-14-10-9(12)6-15-11(16-10)17-13/h6-8H,2-5,13H2,1H3,(H2,14,15,16,17). The molecule has 1 aliphatic carbocycles. The summed E-state index contributed by atoms with van der Waals surface area (Å²) in [5.41, 5.74) is 2.41. The molecule has 0 bridgehead atoms. The summed E-state index contributed by atoms with van der Waals surface area (Å²) in [6.07, 6.45) is 5.46. The zero-order chi connectivity index (χ0) is 12.3. The van der Waals surface area contributed by atoms with Gasteiger partial charge in [-0.15, -0.1) is 0 Å². The number of hydrogen-bond acceptors (Lipinski definition) is 5. The largest absolute Gasteiger partial charge is 0.368 e. The molecular formula is C11H18ClN5. The summed E-state index contributed by atoms with van der Waals surface area (Å²) in [6.45, 7) is 3.20. The highest BCUT2D eigenvalue weighted by Gasteiger charge is 2.23. The van der Waals surface area contributed by atoms with Gasteiger partial charge in [0.2, 0.25) is 5.95 Å². The van der Waals surface area contributed by atoms with E-state index in [9.17, 15) is 0 Å². The van der Waals surface area contributed by atoms with Crippen molar-refractivity contribution in [2.45, 2.75) is 26.2 Å². The molecule has 0 aliphatic heterocycles. The maximum Gasteiger partial charge on any atom is 0.239 e. The van der Waals surface area contributed by atoms with Crippen molar-refractivity contribution in [2.75, 3.05) is 17.3 Å². The number of hydrazine groups is 1. The Balaban J connectivity index is 1.98. The smallest absolute Gasteiger partial charge is 0.239 e. The monoisotopic (exact) mass is 255 g/mol. The minimum Gasteiger partial charge on any atom is -0.368 e. The Kier molecular flexibility index (Phi) is 4.02. The quantitative estimate of drug-likeness (QED) is 0.568. The second kappa shape index (κ2) is 5.51. The third-order valence-electron chi connectivity index (χ3n) is 3.44. The molecule has 0 amide bonds. The van der Waals surface area contributed by atoms with Gasteiger partial charge in [0.05, 0.1) is 6.20 Å². The zero-order valence-corrected chi connectivity index (χ0v) is 10.7. The predicted molar refractivity (Wildman–Crippen MR) is 69.8 cm³/mol. The summed E-state index contributed by atoms with van der Waals surface area (Å²) in [4.78, 5) is 8.12. The fourth-order valence-corrected chi connectivity index (χ4v) is 2.47. The van der Waals surface area contributed by atoms with Gasteiger partial charge >= 0.3 is 0 Å². The van der Waals surface area contributed by atoms with Crippen molar-refractivity contribution in [1.29, 1.82) is 0 Å². The van der Waals surface area contributed by atoms with E-state index in [0.29, 0.717) is 22.7 Å². The van der Waals surface area contributed by atoms with Gasteiger partial charge in [-0.2, -0.15) is 4.98 Å². The van der Waals surface area contributed by atoms with Crippen molar-refractivity contribution in [3.63, 3.8) is 0 Å². The highest BCUT2D eigenvalue weighted by atomic mass is 35.5. The topological polar surface area (TPSA) is 75.9 Å². The summed E-state index contributed by atoms with van der Waals surface area (Å²) < 4.78 is 0. The summed E-state index contributed by atoms with van der Waals surface area (Å²) in [5.74, 6) is 7.76. The van der Waals surface area contributed by atoms with Crippen LogP contribution in [0.1, 0.15) is 26.2 Å². The van der Waals surface area contributed by atoms with Crippen LogP contribution < -0.4 is 16.6 Å². The normalized spacial score (nSPS) is 23.7.